The number of amides is 1. The quantitative estimate of drug-likeness (QED) is 0.670. The van der Waals surface area contributed by atoms with Gasteiger partial charge in [-0.2, -0.15) is 5.26 Å². The third-order valence-corrected chi connectivity index (χ3v) is 2.00. The molecule has 0 aromatic carbocycles. The van der Waals surface area contributed by atoms with Crippen LogP contribution in [0.4, 0.5) is 0 Å². The molecule has 0 radical (unpaired) electrons. The first-order chi connectivity index (χ1) is 5.11. The maximum Gasteiger partial charge on any atom is 0.221 e. The van der Waals surface area contributed by atoms with Gasteiger partial charge in [0.15, 0.2) is 0 Å². The average Bonchev–Trinajstić information content (AvgIpc) is 1.98. The van der Waals surface area contributed by atoms with Gasteiger partial charge in [0.25, 0.3) is 0 Å². The Morgan fingerprint density at radius 1 is 1.73 bits per heavy atom. The van der Waals surface area contributed by atoms with Crippen LogP contribution < -0.4 is 5.32 Å². The number of hydrogen-bond acceptors (Lipinski definition) is 3. The summed E-state index contributed by atoms with van der Waals surface area (Å²) >= 11 is 6.79. The molecule has 1 N–H and O–H groups in total. The first-order valence-corrected chi connectivity index (χ1v) is 4.33. The van der Waals surface area contributed by atoms with Crippen molar-refractivity contribution in [2.24, 2.45) is 0 Å². The van der Waals surface area contributed by atoms with Gasteiger partial charge in [0, 0.05) is 6.92 Å². The predicted molar refractivity (Wildman–Crippen MR) is 45.8 cm³/mol. The van der Waals surface area contributed by atoms with E-state index in [2.05, 4.69) is 5.32 Å². The number of halogens is 1. The molecule has 0 spiro atoms. The minimum Gasteiger partial charge on any atom is -0.316 e. The van der Waals surface area contributed by atoms with Crippen molar-refractivity contribution in [1.29, 1.82) is 5.26 Å². The molecule has 0 saturated carbocycles. The molecule has 0 unspecified atom stereocenters. The minimum absolute atomic E-state index is 0.103. The third kappa shape index (κ3) is 3.91. The number of nitrogens with zero attached hydrogens (tertiary/aromatic N) is 1. The predicted octanol–water partition coefficient (Wildman–Crippen LogP) is 1.42. The van der Waals surface area contributed by atoms with Gasteiger partial charge >= 0.3 is 0 Å². The topological polar surface area (TPSA) is 52.9 Å². The first kappa shape index (κ1) is 10.3. The normalized spacial score (nSPS) is 11.5. The molecule has 0 aromatic rings. The van der Waals surface area contributed by atoms with Crippen molar-refractivity contribution in [3.05, 3.63) is 10.1 Å². The highest BCUT2D eigenvalue weighted by atomic mass is 35.5. The van der Waals surface area contributed by atoms with Gasteiger partial charge in [0.1, 0.15) is 16.1 Å². The van der Waals surface area contributed by atoms with Crippen LogP contribution in [-0.2, 0) is 4.79 Å². The smallest absolute Gasteiger partial charge is 0.221 e. The molecule has 0 aliphatic heterocycles. The largest absolute Gasteiger partial charge is 0.316 e. The van der Waals surface area contributed by atoms with E-state index in [9.17, 15) is 4.79 Å². The SMILES string of the molecule is CS/C(Cl)=C(\C#N)NC(C)=O. The van der Waals surface area contributed by atoms with Crippen LogP contribution >= 0.6 is 23.4 Å². The summed E-state index contributed by atoms with van der Waals surface area (Å²) in [5.41, 5.74) is 0.103. The van der Waals surface area contributed by atoms with Crippen molar-refractivity contribution < 1.29 is 4.79 Å². The van der Waals surface area contributed by atoms with E-state index in [1.54, 1.807) is 12.3 Å². The third-order valence-electron chi connectivity index (χ3n) is 0.789. The van der Waals surface area contributed by atoms with E-state index in [1.165, 1.54) is 18.7 Å². The Morgan fingerprint density at radius 2 is 2.27 bits per heavy atom. The van der Waals surface area contributed by atoms with Crippen molar-refractivity contribution in [2.45, 2.75) is 6.92 Å². The zero-order chi connectivity index (χ0) is 8.85. The van der Waals surface area contributed by atoms with E-state index in [0.29, 0.717) is 4.36 Å². The van der Waals surface area contributed by atoms with Crippen molar-refractivity contribution in [2.75, 3.05) is 6.26 Å². The standard InChI is InChI=1S/C6H7ClN2OS/c1-4(10)9-5(3-8)6(7)11-2/h1-2H3,(H,9,10)/b6-5+. The van der Waals surface area contributed by atoms with Crippen molar-refractivity contribution in [3.8, 4) is 6.07 Å². The second kappa shape index (κ2) is 5.05. The fourth-order valence-electron chi connectivity index (χ4n) is 0.399. The summed E-state index contributed by atoms with van der Waals surface area (Å²) in [6.07, 6.45) is 1.72. The zero-order valence-corrected chi connectivity index (χ0v) is 7.71. The van der Waals surface area contributed by atoms with Crippen LogP contribution in [0.2, 0.25) is 0 Å². The van der Waals surface area contributed by atoms with E-state index in [-0.39, 0.29) is 11.6 Å². The van der Waals surface area contributed by atoms with Crippen LogP contribution in [-0.4, -0.2) is 12.2 Å². The maximum absolute atomic E-state index is 10.5. The lowest BCUT2D eigenvalue weighted by Crippen LogP contribution is -2.18. The Labute approximate surface area is 74.4 Å². The second-order valence-corrected chi connectivity index (χ2v) is 3.06. The number of nitriles is 1. The molecule has 0 bridgehead atoms. The molecule has 1 amide bonds. The van der Waals surface area contributed by atoms with Crippen LogP contribution in [0.1, 0.15) is 6.92 Å². The Hall–Kier alpha value is -0.660. The highest BCUT2D eigenvalue weighted by molar-refractivity contribution is 8.03. The number of carbonyl (C=O) groups is 1. The van der Waals surface area contributed by atoms with Crippen molar-refractivity contribution in [1.82, 2.24) is 5.32 Å². The molecule has 5 heteroatoms. The first-order valence-electron chi connectivity index (χ1n) is 2.73. The number of allylic oxidation sites excluding steroid dienone is 1. The van der Waals surface area contributed by atoms with E-state index in [0.717, 1.165) is 0 Å². The van der Waals surface area contributed by atoms with E-state index >= 15 is 0 Å². The molecule has 0 aliphatic rings. The molecule has 0 heterocycles. The number of nitrogens with one attached hydrogen (secondary N) is 1. The summed E-state index contributed by atoms with van der Waals surface area (Å²) in [5.74, 6) is -0.297. The summed E-state index contributed by atoms with van der Waals surface area (Å²) in [7, 11) is 0. The van der Waals surface area contributed by atoms with Crippen LogP contribution in [0.25, 0.3) is 0 Å². The summed E-state index contributed by atoms with van der Waals surface area (Å²) in [5, 5.41) is 10.8. The lowest BCUT2D eigenvalue weighted by molar-refractivity contribution is -0.118. The fraction of sp³-hybridized carbons (Fsp3) is 0.333. The van der Waals surface area contributed by atoms with Gasteiger partial charge < -0.3 is 5.32 Å². The number of hydrogen-bond donors (Lipinski definition) is 1. The van der Waals surface area contributed by atoms with Gasteiger partial charge in [-0.25, -0.2) is 0 Å². The molecule has 0 saturated heterocycles. The lowest BCUT2D eigenvalue weighted by Gasteiger charge is -1.99. The summed E-state index contributed by atoms with van der Waals surface area (Å²) in [6, 6.07) is 1.78. The molecule has 11 heavy (non-hydrogen) atoms. The Bertz CT molecular complexity index is 231. The number of thioether (sulfide) groups is 1. The number of rotatable bonds is 2. The van der Waals surface area contributed by atoms with Gasteiger partial charge in [-0.05, 0) is 6.26 Å². The van der Waals surface area contributed by atoms with E-state index in [4.69, 9.17) is 16.9 Å². The Balaban J connectivity index is 4.43. The summed E-state index contributed by atoms with van der Waals surface area (Å²) in [6.45, 7) is 1.32. The van der Waals surface area contributed by atoms with Crippen LogP contribution in [0.3, 0.4) is 0 Å². The number of carbonyl (C=O) groups excluding carboxylic acids is 1. The molecule has 60 valence electrons. The summed E-state index contributed by atoms with van der Waals surface area (Å²) in [4.78, 5) is 10.5. The van der Waals surface area contributed by atoms with Crippen LogP contribution in [0.5, 0.6) is 0 Å². The molecule has 0 rings (SSSR count). The Kier molecular flexibility index (Phi) is 4.75. The van der Waals surface area contributed by atoms with Gasteiger partial charge in [-0.3, -0.25) is 4.79 Å². The summed E-state index contributed by atoms with van der Waals surface area (Å²) < 4.78 is 0.294. The molecular formula is C6H7ClN2OS. The molecule has 0 fully saturated rings. The second-order valence-electron chi connectivity index (χ2n) is 1.65. The highest BCUT2D eigenvalue weighted by Crippen LogP contribution is 2.18. The lowest BCUT2D eigenvalue weighted by atomic mass is 10.5. The average molecular weight is 191 g/mol. The fourth-order valence-corrected chi connectivity index (χ4v) is 0.789. The minimum atomic E-state index is -0.297. The maximum atomic E-state index is 10.5. The van der Waals surface area contributed by atoms with Crippen LogP contribution in [0, 0.1) is 11.3 Å². The van der Waals surface area contributed by atoms with E-state index < -0.39 is 0 Å². The zero-order valence-electron chi connectivity index (χ0n) is 6.14. The van der Waals surface area contributed by atoms with Gasteiger partial charge in [0.05, 0.1) is 0 Å². The van der Waals surface area contributed by atoms with Gasteiger partial charge in [-0.1, -0.05) is 11.6 Å². The van der Waals surface area contributed by atoms with Gasteiger partial charge in [-0.15, -0.1) is 11.8 Å². The van der Waals surface area contributed by atoms with Crippen molar-refractivity contribution >= 4 is 29.3 Å². The molecule has 0 atom stereocenters. The molecule has 3 nitrogen and oxygen atoms in total. The highest BCUT2D eigenvalue weighted by Gasteiger charge is 2.03. The molecule has 0 aromatic heterocycles. The van der Waals surface area contributed by atoms with Crippen molar-refractivity contribution in [3.63, 3.8) is 0 Å². The van der Waals surface area contributed by atoms with Crippen LogP contribution in [0.15, 0.2) is 10.1 Å². The Morgan fingerprint density at radius 3 is 2.55 bits per heavy atom. The van der Waals surface area contributed by atoms with Gasteiger partial charge in [0.2, 0.25) is 5.91 Å². The molecule has 0 aliphatic carbocycles. The molecular weight excluding hydrogens is 184 g/mol. The van der Waals surface area contributed by atoms with E-state index in [1.807, 2.05) is 0 Å². The monoisotopic (exact) mass is 190 g/mol.